The van der Waals surface area contributed by atoms with Crippen LogP contribution in [0.1, 0.15) is 29.6 Å². The average Bonchev–Trinajstić information content (AvgIpc) is 2.80. The highest BCUT2D eigenvalue weighted by atomic mass is 16.1. The standard InChI is InChI=1S/C24H27N5O/c1-28(2)22-21(17-25-24(27-22)29-15-7-4-8-16-29)26-23(30)20-13-11-19(12-14-20)18-9-5-3-6-10-18/h3,5-6,9-14,17H,4,7-8,15-16H2,1-2H3,(H,26,30). The lowest BCUT2D eigenvalue weighted by Crippen LogP contribution is -2.31. The van der Waals surface area contributed by atoms with Crippen molar-refractivity contribution in [2.45, 2.75) is 19.3 Å². The topological polar surface area (TPSA) is 61.4 Å². The molecule has 1 fully saturated rings. The SMILES string of the molecule is CN(C)c1nc(N2CCCCC2)ncc1NC(=O)c1ccc(-c2ccccc2)cc1. The first-order valence-corrected chi connectivity index (χ1v) is 10.4. The minimum Gasteiger partial charge on any atom is -0.361 e. The molecule has 6 heteroatoms. The van der Waals surface area contributed by atoms with Crippen molar-refractivity contribution < 1.29 is 4.79 Å². The Morgan fingerprint density at radius 2 is 1.60 bits per heavy atom. The zero-order valence-electron chi connectivity index (χ0n) is 17.5. The molecule has 0 bridgehead atoms. The first-order chi connectivity index (χ1) is 14.6. The third-order valence-electron chi connectivity index (χ3n) is 5.32. The molecule has 1 aliphatic heterocycles. The number of carbonyl (C=O) groups is 1. The predicted octanol–water partition coefficient (Wildman–Crippen LogP) is 4.45. The number of nitrogens with one attached hydrogen (secondary N) is 1. The Hall–Kier alpha value is -3.41. The molecule has 1 aromatic heterocycles. The van der Waals surface area contributed by atoms with E-state index < -0.39 is 0 Å². The molecule has 30 heavy (non-hydrogen) atoms. The van der Waals surface area contributed by atoms with Gasteiger partial charge in [-0.3, -0.25) is 4.79 Å². The molecule has 0 radical (unpaired) electrons. The van der Waals surface area contributed by atoms with Crippen LogP contribution in [0.15, 0.2) is 60.8 Å². The van der Waals surface area contributed by atoms with E-state index in [0.29, 0.717) is 17.1 Å². The summed E-state index contributed by atoms with van der Waals surface area (Å²) in [7, 11) is 3.85. The number of amides is 1. The third kappa shape index (κ3) is 4.43. The Morgan fingerprint density at radius 1 is 0.933 bits per heavy atom. The molecular weight excluding hydrogens is 374 g/mol. The fourth-order valence-electron chi connectivity index (χ4n) is 3.68. The van der Waals surface area contributed by atoms with Crippen LogP contribution in [0.5, 0.6) is 0 Å². The van der Waals surface area contributed by atoms with Crippen molar-refractivity contribution in [3.8, 4) is 11.1 Å². The summed E-state index contributed by atoms with van der Waals surface area (Å²) in [5.74, 6) is 1.26. The molecule has 1 N–H and O–H groups in total. The maximum atomic E-state index is 12.8. The van der Waals surface area contributed by atoms with E-state index in [9.17, 15) is 4.79 Å². The van der Waals surface area contributed by atoms with Crippen molar-refractivity contribution in [3.05, 3.63) is 66.4 Å². The van der Waals surface area contributed by atoms with Crippen LogP contribution in [0.3, 0.4) is 0 Å². The van der Waals surface area contributed by atoms with Crippen LogP contribution in [0.25, 0.3) is 11.1 Å². The van der Waals surface area contributed by atoms with Gasteiger partial charge in [0.25, 0.3) is 5.91 Å². The molecule has 0 aliphatic carbocycles. The fraction of sp³-hybridized carbons (Fsp3) is 0.292. The fourth-order valence-corrected chi connectivity index (χ4v) is 3.68. The van der Waals surface area contributed by atoms with Crippen molar-refractivity contribution in [2.75, 3.05) is 42.3 Å². The van der Waals surface area contributed by atoms with Gasteiger partial charge in [-0.25, -0.2) is 4.98 Å². The monoisotopic (exact) mass is 401 g/mol. The minimum atomic E-state index is -0.174. The lowest BCUT2D eigenvalue weighted by atomic mass is 10.0. The average molecular weight is 402 g/mol. The van der Waals surface area contributed by atoms with Crippen molar-refractivity contribution in [1.82, 2.24) is 9.97 Å². The van der Waals surface area contributed by atoms with Gasteiger partial charge in [0.05, 0.1) is 6.20 Å². The second-order valence-electron chi connectivity index (χ2n) is 7.75. The van der Waals surface area contributed by atoms with E-state index in [4.69, 9.17) is 4.98 Å². The van der Waals surface area contributed by atoms with Crippen molar-refractivity contribution >= 4 is 23.4 Å². The normalized spacial score (nSPS) is 13.7. The van der Waals surface area contributed by atoms with E-state index in [1.807, 2.05) is 61.5 Å². The van der Waals surface area contributed by atoms with Gasteiger partial charge in [-0.05, 0) is 42.5 Å². The second kappa shape index (κ2) is 8.95. The highest BCUT2D eigenvalue weighted by molar-refractivity contribution is 6.05. The summed E-state index contributed by atoms with van der Waals surface area (Å²) in [6, 6.07) is 17.7. The largest absolute Gasteiger partial charge is 0.361 e. The van der Waals surface area contributed by atoms with Gasteiger partial charge < -0.3 is 15.1 Å². The summed E-state index contributed by atoms with van der Waals surface area (Å²) in [4.78, 5) is 26.2. The molecule has 0 spiro atoms. The third-order valence-corrected chi connectivity index (χ3v) is 5.32. The van der Waals surface area contributed by atoms with Gasteiger partial charge in [-0.15, -0.1) is 0 Å². The number of hydrogen-bond donors (Lipinski definition) is 1. The Morgan fingerprint density at radius 3 is 2.27 bits per heavy atom. The van der Waals surface area contributed by atoms with Gasteiger partial charge in [0, 0.05) is 32.7 Å². The number of carbonyl (C=O) groups excluding carboxylic acids is 1. The van der Waals surface area contributed by atoms with E-state index >= 15 is 0 Å². The van der Waals surface area contributed by atoms with Crippen molar-refractivity contribution in [3.63, 3.8) is 0 Å². The zero-order chi connectivity index (χ0) is 20.9. The first-order valence-electron chi connectivity index (χ1n) is 10.4. The quantitative estimate of drug-likeness (QED) is 0.684. The summed E-state index contributed by atoms with van der Waals surface area (Å²) in [6.45, 7) is 1.96. The molecule has 3 aromatic rings. The molecule has 4 rings (SSSR count). The van der Waals surface area contributed by atoms with Gasteiger partial charge in [-0.1, -0.05) is 42.5 Å². The summed E-state index contributed by atoms with van der Waals surface area (Å²) in [5.41, 5.74) is 3.41. The molecule has 0 saturated carbocycles. The molecule has 1 aliphatic rings. The van der Waals surface area contributed by atoms with Gasteiger partial charge in [0.2, 0.25) is 5.95 Å². The Balaban J connectivity index is 1.52. The molecule has 0 atom stereocenters. The molecule has 0 unspecified atom stereocenters. The first kappa shape index (κ1) is 19.9. The summed E-state index contributed by atoms with van der Waals surface area (Å²) >= 11 is 0. The van der Waals surface area contributed by atoms with E-state index in [1.54, 1.807) is 6.20 Å². The van der Waals surface area contributed by atoms with Crippen LogP contribution < -0.4 is 15.1 Å². The zero-order valence-corrected chi connectivity index (χ0v) is 17.5. The van der Waals surface area contributed by atoms with E-state index in [0.717, 1.165) is 43.0 Å². The van der Waals surface area contributed by atoms with E-state index in [-0.39, 0.29) is 5.91 Å². The van der Waals surface area contributed by atoms with Crippen molar-refractivity contribution in [1.29, 1.82) is 0 Å². The van der Waals surface area contributed by atoms with Gasteiger partial charge in [-0.2, -0.15) is 4.98 Å². The smallest absolute Gasteiger partial charge is 0.255 e. The van der Waals surface area contributed by atoms with Crippen LogP contribution in [-0.4, -0.2) is 43.1 Å². The summed E-state index contributed by atoms with van der Waals surface area (Å²) in [6.07, 6.45) is 5.30. The molecule has 2 aromatic carbocycles. The lowest BCUT2D eigenvalue weighted by molar-refractivity contribution is 0.102. The lowest BCUT2D eigenvalue weighted by Gasteiger charge is -2.28. The van der Waals surface area contributed by atoms with E-state index in [1.165, 1.54) is 6.42 Å². The van der Waals surface area contributed by atoms with Crippen LogP contribution in [0.2, 0.25) is 0 Å². The second-order valence-corrected chi connectivity index (χ2v) is 7.75. The maximum Gasteiger partial charge on any atom is 0.255 e. The number of benzene rings is 2. The van der Waals surface area contributed by atoms with Gasteiger partial charge in [0.1, 0.15) is 5.69 Å². The predicted molar refractivity (Wildman–Crippen MR) is 122 cm³/mol. The highest BCUT2D eigenvalue weighted by Crippen LogP contribution is 2.26. The van der Waals surface area contributed by atoms with Crippen LogP contribution in [0, 0.1) is 0 Å². The minimum absolute atomic E-state index is 0.174. The maximum absolute atomic E-state index is 12.8. The summed E-state index contributed by atoms with van der Waals surface area (Å²) in [5, 5.41) is 2.97. The van der Waals surface area contributed by atoms with Crippen LogP contribution in [0.4, 0.5) is 17.5 Å². The van der Waals surface area contributed by atoms with Gasteiger partial charge in [0.15, 0.2) is 5.82 Å². The number of rotatable bonds is 5. The Kier molecular flexibility index (Phi) is 5.93. The molecule has 2 heterocycles. The number of hydrogen-bond acceptors (Lipinski definition) is 5. The number of anilines is 3. The Labute approximate surface area is 177 Å². The van der Waals surface area contributed by atoms with Crippen molar-refractivity contribution in [2.24, 2.45) is 0 Å². The summed E-state index contributed by atoms with van der Waals surface area (Å²) < 4.78 is 0. The Bertz CT molecular complexity index is 996. The molecule has 154 valence electrons. The molecule has 1 saturated heterocycles. The number of aromatic nitrogens is 2. The van der Waals surface area contributed by atoms with E-state index in [2.05, 4.69) is 27.3 Å². The highest BCUT2D eigenvalue weighted by Gasteiger charge is 2.18. The molecular formula is C24H27N5O. The number of piperidine rings is 1. The number of nitrogens with zero attached hydrogens (tertiary/aromatic N) is 4. The van der Waals surface area contributed by atoms with Crippen LogP contribution >= 0.6 is 0 Å². The molecule has 6 nitrogen and oxygen atoms in total. The van der Waals surface area contributed by atoms with Crippen LogP contribution in [-0.2, 0) is 0 Å². The van der Waals surface area contributed by atoms with Gasteiger partial charge >= 0.3 is 0 Å². The molecule has 1 amide bonds.